The normalized spacial score (nSPS) is 26.0. The maximum absolute atomic E-state index is 12.3. The van der Waals surface area contributed by atoms with Crippen molar-refractivity contribution in [1.29, 1.82) is 0 Å². The van der Waals surface area contributed by atoms with Crippen LogP contribution in [0.5, 0.6) is 0 Å². The van der Waals surface area contributed by atoms with Gasteiger partial charge in [-0.2, -0.15) is 0 Å². The molecule has 0 spiro atoms. The van der Waals surface area contributed by atoms with Crippen LogP contribution in [0.3, 0.4) is 0 Å². The average Bonchev–Trinajstić information content (AvgIpc) is 3.22. The first-order valence-corrected chi connectivity index (χ1v) is 8.08. The Morgan fingerprint density at radius 3 is 2.62 bits per heavy atom. The van der Waals surface area contributed by atoms with Crippen molar-refractivity contribution in [3.8, 4) is 0 Å². The number of hydrogen-bond donors (Lipinski definition) is 1. The quantitative estimate of drug-likeness (QED) is 0.908. The predicted molar refractivity (Wildman–Crippen MR) is 81.8 cm³/mol. The Bertz CT molecular complexity index is 597. The lowest BCUT2D eigenvalue weighted by Gasteiger charge is -2.40. The molecule has 2 aliphatic rings. The molecule has 2 fully saturated rings. The fraction of sp³-hybridized carbons (Fsp3) is 0.500. The van der Waals surface area contributed by atoms with E-state index >= 15 is 0 Å². The van der Waals surface area contributed by atoms with Crippen LogP contribution >= 0.6 is 15.9 Å². The number of hydrogen-bond acceptors (Lipinski definition) is 2. The molecule has 1 N–H and O–H groups in total. The molecule has 3 rings (SSSR count). The number of nitrogens with zero attached hydrogens (tertiary/aromatic N) is 1. The molecule has 1 aliphatic carbocycles. The van der Waals surface area contributed by atoms with Gasteiger partial charge in [0.05, 0.1) is 12.0 Å². The van der Waals surface area contributed by atoms with Gasteiger partial charge in [0, 0.05) is 16.9 Å². The van der Waals surface area contributed by atoms with Gasteiger partial charge in [0.1, 0.15) is 0 Å². The molecule has 112 valence electrons. The monoisotopic (exact) mass is 351 g/mol. The summed E-state index contributed by atoms with van der Waals surface area (Å²) in [5.74, 6) is -1.25. The summed E-state index contributed by atoms with van der Waals surface area (Å²) >= 11 is 3.55. The summed E-state index contributed by atoms with van der Waals surface area (Å²) in [5.41, 5.74) is 2.02. The van der Waals surface area contributed by atoms with E-state index in [4.69, 9.17) is 0 Å². The number of carboxylic acids is 1. The fourth-order valence-corrected chi connectivity index (χ4v) is 3.92. The Kier molecular flexibility index (Phi) is 3.78. The first-order valence-electron chi connectivity index (χ1n) is 7.29. The van der Waals surface area contributed by atoms with E-state index in [1.54, 1.807) is 0 Å². The van der Waals surface area contributed by atoms with Crippen LogP contribution in [0, 0.1) is 12.8 Å². The molecule has 21 heavy (non-hydrogen) atoms. The molecule has 1 aromatic rings. The van der Waals surface area contributed by atoms with Gasteiger partial charge in [0.15, 0.2) is 0 Å². The lowest BCUT2D eigenvalue weighted by molar-refractivity contribution is -0.152. The molecule has 0 bridgehead atoms. The summed E-state index contributed by atoms with van der Waals surface area (Å²) in [5, 5.41) is 9.57. The van der Waals surface area contributed by atoms with E-state index in [-0.39, 0.29) is 18.0 Å². The van der Waals surface area contributed by atoms with Crippen molar-refractivity contribution in [2.24, 2.45) is 5.92 Å². The predicted octanol–water partition coefficient (Wildman–Crippen LogP) is 3.28. The number of aliphatic carboxylic acids is 1. The molecule has 5 heteroatoms. The van der Waals surface area contributed by atoms with Crippen LogP contribution in [0.2, 0.25) is 0 Å². The Balaban J connectivity index is 2.06. The number of rotatable bonds is 3. The number of halogens is 1. The summed E-state index contributed by atoms with van der Waals surface area (Å²) in [6.07, 6.45) is 2.73. The molecular formula is C16H18BrNO3. The standard InChI is InChI=1S/C16H18BrNO3/c1-9-2-5-11(13(17)8-9)15-12(16(20)21)6-7-14(19)18(15)10-3-4-10/h2,5,8,10,12,15H,3-4,6-7H2,1H3,(H,20,21). The van der Waals surface area contributed by atoms with E-state index in [1.165, 1.54) is 0 Å². The molecule has 4 nitrogen and oxygen atoms in total. The van der Waals surface area contributed by atoms with E-state index < -0.39 is 11.9 Å². The van der Waals surface area contributed by atoms with Crippen LogP contribution in [-0.2, 0) is 9.59 Å². The maximum atomic E-state index is 12.3. The van der Waals surface area contributed by atoms with Crippen molar-refractivity contribution in [3.05, 3.63) is 33.8 Å². The molecule has 1 saturated carbocycles. The van der Waals surface area contributed by atoms with Crippen LogP contribution in [0.1, 0.15) is 42.9 Å². The van der Waals surface area contributed by atoms with Gasteiger partial charge in [0.25, 0.3) is 0 Å². The SMILES string of the molecule is Cc1ccc(C2C(C(=O)O)CCC(=O)N2C2CC2)c(Br)c1. The van der Waals surface area contributed by atoms with Gasteiger partial charge < -0.3 is 10.0 Å². The number of likely N-dealkylation sites (tertiary alicyclic amines) is 1. The van der Waals surface area contributed by atoms with Gasteiger partial charge >= 0.3 is 5.97 Å². The van der Waals surface area contributed by atoms with Crippen molar-refractivity contribution in [3.63, 3.8) is 0 Å². The highest BCUT2D eigenvalue weighted by molar-refractivity contribution is 9.10. The number of piperidine rings is 1. The van der Waals surface area contributed by atoms with Gasteiger partial charge in [-0.3, -0.25) is 9.59 Å². The molecule has 0 radical (unpaired) electrons. The minimum atomic E-state index is -0.814. The van der Waals surface area contributed by atoms with Crippen LogP contribution in [0.15, 0.2) is 22.7 Å². The van der Waals surface area contributed by atoms with Gasteiger partial charge in [-0.05, 0) is 43.4 Å². The van der Waals surface area contributed by atoms with Crippen LogP contribution < -0.4 is 0 Å². The van der Waals surface area contributed by atoms with Gasteiger partial charge in [-0.1, -0.05) is 28.1 Å². The molecular weight excluding hydrogens is 334 g/mol. The van der Waals surface area contributed by atoms with Crippen molar-refractivity contribution in [1.82, 2.24) is 4.90 Å². The summed E-state index contributed by atoms with van der Waals surface area (Å²) in [6, 6.07) is 5.78. The first kappa shape index (κ1) is 14.6. The molecule has 2 atom stereocenters. The van der Waals surface area contributed by atoms with Crippen LogP contribution in [0.4, 0.5) is 0 Å². The second-order valence-corrected chi connectivity index (χ2v) is 6.84. The highest BCUT2D eigenvalue weighted by atomic mass is 79.9. The van der Waals surface area contributed by atoms with Gasteiger partial charge in [-0.15, -0.1) is 0 Å². The zero-order valence-electron chi connectivity index (χ0n) is 11.9. The lowest BCUT2D eigenvalue weighted by atomic mass is 9.84. The molecule has 1 heterocycles. The fourth-order valence-electron chi connectivity index (χ4n) is 3.20. The molecule has 1 amide bonds. The zero-order chi connectivity index (χ0) is 15.1. The van der Waals surface area contributed by atoms with E-state index in [0.717, 1.165) is 28.4 Å². The van der Waals surface area contributed by atoms with E-state index in [2.05, 4.69) is 15.9 Å². The third-order valence-corrected chi connectivity index (χ3v) is 5.06. The molecule has 0 aromatic heterocycles. The van der Waals surface area contributed by atoms with Gasteiger partial charge in [0.2, 0.25) is 5.91 Å². The second-order valence-electron chi connectivity index (χ2n) is 5.99. The summed E-state index contributed by atoms with van der Waals surface area (Å²) < 4.78 is 0.888. The maximum Gasteiger partial charge on any atom is 0.308 e. The lowest BCUT2D eigenvalue weighted by Crippen LogP contribution is -2.46. The summed E-state index contributed by atoms with van der Waals surface area (Å²) in [7, 11) is 0. The first-order chi connectivity index (χ1) is 9.99. The van der Waals surface area contributed by atoms with Crippen LogP contribution in [0.25, 0.3) is 0 Å². The smallest absolute Gasteiger partial charge is 0.308 e. The third kappa shape index (κ3) is 2.71. The highest BCUT2D eigenvalue weighted by Gasteiger charge is 2.47. The molecule has 1 aliphatic heterocycles. The molecule has 2 unspecified atom stereocenters. The van der Waals surface area contributed by atoms with Crippen molar-refractivity contribution in [2.45, 2.75) is 44.7 Å². The van der Waals surface area contributed by atoms with Crippen LogP contribution in [-0.4, -0.2) is 27.9 Å². The Morgan fingerprint density at radius 1 is 1.33 bits per heavy atom. The minimum Gasteiger partial charge on any atom is -0.481 e. The van der Waals surface area contributed by atoms with Gasteiger partial charge in [-0.25, -0.2) is 0 Å². The summed E-state index contributed by atoms with van der Waals surface area (Å²) in [6.45, 7) is 1.99. The number of carboxylic acid groups (broad SMARTS) is 1. The number of benzene rings is 1. The number of carbonyl (C=O) groups excluding carboxylic acids is 1. The largest absolute Gasteiger partial charge is 0.481 e. The van der Waals surface area contributed by atoms with Crippen molar-refractivity contribution < 1.29 is 14.7 Å². The Morgan fingerprint density at radius 2 is 2.05 bits per heavy atom. The van der Waals surface area contributed by atoms with E-state index in [9.17, 15) is 14.7 Å². The average molecular weight is 352 g/mol. The Labute approximate surface area is 132 Å². The number of carbonyl (C=O) groups is 2. The zero-order valence-corrected chi connectivity index (χ0v) is 13.5. The van der Waals surface area contributed by atoms with E-state index in [0.29, 0.717) is 12.8 Å². The number of aryl methyl sites for hydroxylation is 1. The number of amides is 1. The van der Waals surface area contributed by atoms with Crippen molar-refractivity contribution >= 4 is 27.8 Å². The van der Waals surface area contributed by atoms with Crippen molar-refractivity contribution in [2.75, 3.05) is 0 Å². The Hall–Kier alpha value is -1.36. The molecule has 1 saturated heterocycles. The highest BCUT2D eigenvalue weighted by Crippen LogP contribution is 2.45. The van der Waals surface area contributed by atoms with E-state index in [1.807, 2.05) is 30.0 Å². The molecule has 1 aromatic carbocycles. The summed E-state index contributed by atoms with van der Waals surface area (Å²) in [4.78, 5) is 25.8. The topological polar surface area (TPSA) is 57.6 Å². The minimum absolute atomic E-state index is 0.0903. The second kappa shape index (κ2) is 5.44. The third-order valence-electron chi connectivity index (χ3n) is 4.37.